The van der Waals surface area contributed by atoms with Crippen molar-refractivity contribution in [2.24, 2.45) is 0 Å². The van der Waals surface area contributed by atoms with Gasteiger partial charge >= 0.3 is 5.97 Å². The Morgan fingerprint density at radius 3 is 2.48 bits per heavy atom. The van der Waals surface area contributed by atoms with E-state index in [0.29, 0.717) is 24.1 Å². The van der Waals surface area contributed by atoms with Gasteiger partial charge < -0.3 is 14.7 Å². The molecule has 2 fully saturated rings. The SMILES string of the molecule is CC(C(=O)OC1CC2CCC(C1)N2C)c1cccc(O)c1Cc1ccc(F)cc1. The second kappa shape index (κ2) is 8.15. The Hall–Kier alpha value is -2.40. The highest BCUT2D eigenvalue weighted by atomic mass is 19.1. The van der Waals surface area contributed by atoms with Gasteiger partial charge in [-0.3, -0.25) is 4.79 Å². The molecule has 4 rings (SSSR count). The first-order valence-corrected chi connectivity index (χ1v) is 10.4. The first kappa shape index (κ1) is 19.9. The lowest BCUT2D eigenvalue weighted by Crippen LogP contribution is -2.43. The van der Waals surface area contributed by atoms with E-state index >= 15 is 0 Å². The number of phenolic OH excluding ortho intramolecular Hbond substituents is 1. The molecule has 3 unspecified atom stereocenters. The van der Waals surface area contributed by atoms with Crippen molar-refractivity contribution in [3.05, 3.63) is 65.0 Å². The van der Waals surface area contributed by atoms with Crippen LogP contribution in [0.2, 0.25) is 0 Å². The molecular formula is C24H28FNO3. The van der Waals surface area contributed by atoms with Crippen LogP contribution in [0.4, 0.5) is 4.39 Å². The van der Waals surface area contributed by atoms with Gasteiger partial charge in [-0.1, -0.05) is 24.3 Å². The summed E-state index contributed by atoms with van der Waals surface area (Å²) in [5, 5.41) is 10.4. The van der Waals surface area contributed by atoms with Gasteiger partial charge in [0.25, 0.3) is 0 Å². The third-order valence-corrected chi connectivity index (χ3v) is 6.64. The van der Waals surface area contributed by atoms with Crippen LogP contribution in [0.25, 0.3) is 0 Å². The number of nitrogens with zero attached hydrogens (tertiary/aromatic N) is 1. The standard InChI is InChI=1S/C24H28FNO3/c1-15(24(28)29-20-13-18-10-11-19(14-20)26(18)2)21-4-3-5-23(27)22(21)12-16-6-8-17(25)9-7-16/h3-9,15,18-20,27H,10-14H2,1-2H3. The quantitative estimate of drug-likeness (QED) is 0.760. The van der Waals surface area contributed by atoms with Crippen LogP contribution in [0.3, 0.4) is 0 Å². The van der Waals surface area contributed by atoms with Crippen LogP contribution in [0.5, 0.6) is 5.75 Å². The minimum absolute atomic E-state index is 0.0310. The predicted molar refractivity (Wildman–Crippen MR) is 109 cm³/mol. The summed E-state index contributed by atoms with van der Waals surface area (Å²) in [6.45, 7) is 1.83. The van der Waals surface area contributed by atoms with E-state index in [2.05, 4.69) is 11.9 Å². The van der Waals surface area contributed by atoms with E-state index in [1.807, 2.05) is 13.0 Å². The van der Waals surface area contributed by atoms with Crippen LogP contribution >= 0.6 is 0 Å². The Morgan fingerprint density at radius 2 is 1.83 bits per heavy atom. The topological polar surface area (TPSA) is 49.8 Å². The van der Waals surface area contributed by atoms with E-state index < -0.39 is 5.92 Å². The number of fused-ring (bicyclic) bond motifs is 2. The molecule has 0 aliphatic carbocycles. The second-order valence-corrected chi connectivity index (χ2v) is 8.45. The van der Waals surface area contributed by atoms with Crippen molar-refractivity contribution in [3.63, 3.8) is 0 Å². The third kappa shape index (κ3) is 4.15. The molecule has 3 atom stereocenters. The van der Waals surface area contributed by atoms with Gasteiger partial charge in [0.15, 0.2) is 0 Å². The minimum Gasteiger partial charge on any atom is -0.508 e. The van der Waals surface area contributed by atoms with E-state index in [1.54, 1.807) is 24.3 Å². The summed E-state index contributed by atoms with van der Waals surface area (Å²) in [4.78, 5) is 15.3. The van der Waals surface area contributed by atoms with Crippen molar-refractivity contribution in [1.82, 2.24) is 4.90 Å². The van der Waals surface area contributed by atoms with Gasteiger partial charge in [-0.15, -0.1) is 0 Å². The van der Waals surface area contributed by atoms with E-state index in [1.165, 1.54) is 25.0 Å². The number of benzene rings is 2. The van der Waals surface area contributed by atoms with Crippen LogP contribution in [-0.4, -0.2) is 41.2 Å². The molecule has 0 saturated carbocycles. The van der Waals surface area contributed by atoms with Crippen LogP contribution < -0.4 is 0 Å². The Morgan fingerprint density at radius 1 is 1.17 bits per heavy atom. The summed E-state index contributed by atoms with van der Waals surface area (Å²) >= 11 is 0. The molecule has 0 aromatic heterocycles. The first-order chi connectivity index (χ1) is 13.9. The minimum atomic E-state index is -0.477. The maximum Gasteiger partial charge on any atom is 0.313 e. The Kier molecular flexibility index (Phi) is 5.59. The van der Waals surface area contributed by atoms with Crippen molar-refractivity contribution in [3.8, 4) is 5.75 Å². The Balaban J connectivity index is 1.49. The molecule has 0 amide bonds. The largest absolute Gasteiger partial charge is 0.508 e. The van der Waals surface area contributed by atoms with Crippen LogP contribution in [0, 0.1) is 5.82 Å². The average molecular weight is 397 g/mol. The van der Waals surface area contributed by atoms with Crippen molar-refractivity contribution in [2.45, 2.75) is 63.1 Å². The first-order valence-electron chi connectivity index (χ1n) is 10.4. The monoisotopic (exact) mass is 397 g/mol. The van der Waals surface area contributed by atoms with Crippen molar-refractivity contribution < 1.29 is 19.0 Å². The molecule has 1 N–H and O–H groups in total. The predicted octanol–water partition coefficient (Wildman–Crippen LogP) is 4.39. The second-order valence-electron chi connectivity index (χ2n) is 8.45. The lowest BCUT2D eigenvalue weighted by atomic mass is 9.91. The maximum absolute atomic E-state index is 13.2. The van der Waals surface area contributed by atoms with Gasteiger partial charge in [-0.25, -0.2) is 4.39 Å². The Bertz CT molecular complexity index is 868. The lowest BCUT2D eigenvalue weighted by Gasteiger charge is -2.36. The molecule has 0 radical (unpaired) electrons. The Labute approximate surface area is 171 Å². The van der Waals surface area contributed by atoms with Gasteiger partial charge in [-0.2, -0.15) is 0 Å². The summed E-state index contributed by atoms with van der Waals surface area (Å²) in [5.41, 5.74) is 2.32. The highest BCUT2D eigenvalue weighted by molar-refractivity contribution is 5.79. The molecule has 2 aromatic rings. The van der Waals surface area contributed by atoms with Gasteiger partial charge in [0.1, 0.15) is 17.7 Å². The number of hydrogen-bond donors (Lipinski definition) is 1. The molecule has 154 valence electrons. The zero-order chi connectivity index (χ0) is 20.5. The van der Waals surface area contributed by atoms with E-state index in [-0.39, 0.29) is 23.6 Å². The summed E-state index contributed by atoms with van der Waals surface area (Å²) < 4.78 is 19.1. The fourth-order valence-corrected chi connectivity index (χ4v) is 4.85. The summed E-state index contributed by atoms with van der Waals surface area (Å²) in [6, 6.07) is 12.5. The number of aromatic hydroxyl groups is 1. The summed E-state index contributed by atoms with van der Waals surface area (Å²) in [6.07, 6.45) is 4.55. The number of ether oxygens (including phenoxy) is 1. The van der Waals surface area contributed by atoms with Crippen LogP contribution in [0.1, 0.15) is 55.2 Å². The number of piperidine rings is 1. The maximum atomic E-state index is 13.2. The molecule has 2 saturated heterocycles. The number of phenols is 1. The summed E-state index contributed by atoms with van der Waals surface area (Å²) in [7, 11) is 2.16. The van der Waals surface area contributed by atoms with E-state index in [4.69, 9.17) is 4.74 Å². The number of carbonyl (C=O) groups excluding carboxylic acids is 1. The smallest absolute Gasteiger partial charge is 0.313 e. The zero-order valence-corrected chi connectivity index (χ0v) is 17.0. The molecule has 2 bridgehead atoms. The fourth-order valence-electron chi connectivity index (χ4n) is 4.85. The average Bonchev–Trinajstić information content (AvgIpc) is 2.91. The summed E-state index contributed by atoms with van der Waals surface area (Å²) in [5.74, 6) is -0.876. The molecule has 29 heavy (non-hydrogen) atoms. The van der Waals surface area contributed by atoms with Gasteiger partial charge in [0.2, 0.25) is 0 Å². The molecule has 4 nitrogen and oxygen atoms in total. The zero-order valence-electron chi connectivity index (χ0n) is 17.0. The number of carbonyl (C=O) groups is 1. The molecule has 0 spiro atoms. The number of rotatable bonds is 5. The molecule has 2 heterocycles. The number of hydrogen-bond acceptors (Lipinski definition) is 4. The fraction of sp³-hybridized carbons (Fsp3) is 0.458. The number of halogens is 1. The molecule has 2 aromatic carbocycles. The van der Waals surface area contributed by atoms with Crippen molar-refractivity contribution >= 4 is 5.97 Å². The van der Waals surface area contributed by atoms with Gasteiger partial charge in [0, 0.05) is 24.1 Å². The third-order valence-electron chi connectivity index (χ3n) is 6.64. The van der Waals surface area contributed by atoms with E-state index in [9.17, 15) is 14.3 Å². The van der Waals surface area contributed by atoms with Crippen LogP contribution in [-0.2, 0) is 16.0 Å². The highest BCUT2D eigenvalue weighted by Gasteiger charge is 2.40. The van der Waals surface area contributed by atoms with Crippen molar-refractivity contribution in [1.29, 1.82) is 0 Å². The highest BCUT2D eigenvalue weighted by Crippen LogP contribution is 2.37. The van der Waals surface area contributed by atoms with Gasteiger partial charge in [-0.05, 0) is 69.0 Å². The number of esters is 1. The van der Waals surface area contributed by atoms with Crippen molar-refractivity contribution in [2.75, 3.05) is 7.05 Å². The lowest BCUT2D eigenvalue weighted by molar-refractivity contribution is -0.153. The van der Waals surface area contributed by atoms with E-state index in [0.717, 1.165) is 24.0 Å². The van der Waals surface area contributed by atoms with Gasteiger partial charge in [0.05, 0.1) is 5.92 Å². The normalized spacial score (nSPS) is 25.0. The molecular weight excluding hydrogens is 369 g/mol. The molecule has 2 aliphatic heterocycles. The molecule has 2 aliphatic rings. The van der Waals surface area contributed by atoms with Crippen LogP contribution in [0.15, 0.2) is 42.5 Å². The molecule has 5 heteroatoms.